The SMILES string of the molecule is Cc1ccn2cc(C(=O)N3CCCC4(CCc5cnc(N(C)C)nc54)C3)nc2c1. The number of rotatable bonds is 2. The fourth-order valence-electron chi connectivity index (χ4n) is 4.80. The lowest BCUT2D eigenvalue weighted by molar-refractivity contribution is 0.0628. The Balaban J connectivity index is 1.45. The molecule has 0 saturated carbocycles. The maximum Gasteiger partial charge on any atom is 0.274 e. The van der Waals surface area contributed by atoms with Crippen molar-refractivity contribution in [3.8, 4) is 0 Å². The lowest BCUT2D eigenvalue weighted by atomic mass is 9.77. The number of likely N-dealkylation sites (tertiary alicyclic amines) is 1. The molecule has 1 aliphatic heterocycles. The molecule has 1 spiro atoms. The summed E-state index contributed by atoms with van der Waals surface area (Å²) in [6, 6.07) is 4.03. The first-order valence-corrected chi connectivity index (χ1v) is 10.2. The summed E-state index contributed by atoms with van der Waals surface area (Å²) in [5.74, 6) is 0.755. The second-order valence-electron chi connectivity index (χ2n) is 8.64. The monoisotopic (exact) mass is 390 g/mol. The van der Waals surface area contributed by atoms with E-state index in [0.29, 0.717) is 12.2 Å². The van der Waals surface area contributed by atoms with Crippen LogP contribution in [-0.4, -0.2) is 57.3 Å². The maximum absolute atomic E-state index is 13.3. The molecule has 7 heteroatoms. The summed E-state index contributed by atoms with van der Waals surface area (Å²) in [7, 11) is 3.93. The van der Waals surface area contributed by atoms with Gasteiger partial charge < -0.3 is 14.2 Å². The van der Waals surface area contributed by atoms with Gasteiger partial charge in [0.05, 0.1) is 5.69 Å². The summed E-state index contributed by atoms with van der Waals surface area (Å²) in [6.45, 7) is 3.51. The quantitative estimate of drug-likeness (QED) is 0.673. The predicted molar refractivity (Wildman–Crippen MR) is 111 cm³/mol. The number of carbonyl (C=O) groups is 1. The highest BCUT2D eigenvalue weighted by molar-refractivity contribution is 5.93. The summed E-state index contributed by atoms with van der Waals surface area (Å²) in [5, 5.41) is 0. The third kappa shape index (κ3) is 2.96. The molecule has 7 nitrogen and oxygen atoms in total. The van der Waals surface area contributed by atoms with Crippen molar-refractivity contribution in [1.82, 2.24) is 24.3 Å². The van der Waals surface area contributed by atoms with Crippen molar-refractivity contribution < 1.29 is 4.79 Å². The largest absolute Gasteiger partial charge is 0.347 e. The Bertz CT molecular complexity index is 1100. The number of aryl methyl sites for hydroxylation is 2. The number of pyridine rings is 1. The maximum atomic E-state index is 13.3. The van der Waals surface area contributed by atoms with Gasteiger partial charge in [0.1, 0.15) is 11.3 Å². The molecular formula is C22H26N6O. The summed E-state index contributed by atoms with van der Waals surface area (Å²) < 4.78 is 1.92. The van der Waals surface area contributed by atoms with Crippen molar-refractivity contribution in [2.75, 3.05) is 32.1 Å². The van der Waals surface area contributed by atoms with Gasteiger partial charge in [0.2, 0.25) is 5.95 Å². The second kappa shape index (κ2) is 6.54. The van der Waals surface area contributed by atoms with Crippen LogP contribution in [0.15, 0.2) is 30.7 Å². The third-order valence-corrected chi connectivity index (χ3v) is 6.33. The zero-order valence-corrected chi connectivity index (χ0v) is 17.2. The Morgan fingerprint density at radius 1 is 1.24 bits per heavy atom. The van der Waals surface area contributed by atoms with Crippen molar-refractivity contribution in [3.05, 3.63) is 53.2 Å². The molecule has 0 radical (unpaired) electrons. The minimum absolute atomic E-state index is 0.0146. The molecule has 3 aromatic heterocycles. The van der Waals surface area contributed by atoms with E-state index in [4.69, 9.17) is 4.98 Å². The molecule has 0 N–H and O–H groups in total. The van der Waals surface area contributed by atoms with Gasteiger partial charge in [-0.25, -0.2) is 15.0 Å². The number of anilines is 1. The first-order valence-electron chi connectivity index (χ1n) is 10.2. The average Bonchev–Trinajstić information content (AvgIpc) is 3.29. The van der Waals surface area contributed by atoms with Crippen LogP contribution in [0.1, 0.15) is 46.6 Å². The first kappa shape index (κ1) is 18.1. The standard InChI is InChI=1S/C22H26N6O/c1-15-6-10-27-13-17(24-18(27)11-15)20(29)28-9-4-7-22(14-28)8-5-16-12-23-21(26(2)3)25-19(16)22/h6,10-13H,4-5,7-9,14H2,1-3H3. The first-order chi connectivity index (χ1) is 13.9. The van der Waals surface area contributed by atoms with Crippen LogP contribution in [0.2, 0.25) is 0 Å². The van der Waals surface area contributed by atoms with E-state index in [0.717, 1.165) is 55.1 Å². The van der Waals surface area contributed by atoms with Gasteiger partial charge in [-0.15, -0.1) is 0 Å². The minimum atomic E-state index is -0.0628. The topological polar surface area (TPSA) is 66.6 Å². The summed E-state index contributed by atoms with van der Waals surface area (Å²) in [6.07, 6.45) is 9.84. The number of imidazole rings is 1. The average molecular weight is 390 g/mol. The summed E-state index contributed by atoms with van der Waals surface area (Å²) in [5.41, 5.74) is 4.77. The summed E-state index contributed by atoms with van der Waals surface area (Å²) >= 11 is 0. The summed E-state index contributed by atoms with van der Waals surface area (Å²) in [4.78, 5) is 31.2. The van der Waals surface area contributed by atoms with Gasteiger partial charge in [-0.1, -0.05) is 0 Å². The van der Waals surface area contributed by atoms with Gasteiger partial charge in [-0.05, 0) is 55.9 Å². The molecule has 2 aliphatic rings. The van der Waals surface area contributed by atoms with Crippen molar-refractivity contribution >= 4 is 17.5 Å². The minimum Gasteiger partial charge on any atom is -0.347 e. The number of nitrogens with zero attached hydrogens (tertiary/aromatic N) is 6. The van der Waals surface area contributed by atoms with E-state index in [9.17, 15) is 4.79 Å². The lowest BCUT2D eigenvalue weighted by Crippen LogP contribution is -2.48. The smallest absolute Gasteiger partial charge is 0.274 e. The molecule has 1 amide bonds. The highest BCUT2D eigenvalue weighted by atomic mass is 16.2. The predicted octanol–water partition coefficient (Wildman–Crippen LogP) is 2.62. The van der Waals surface area contributed by atoms with E-state index < -0.39 is 0 Å². The van der Waals surface area contributed by atoms with Crippen LogP contribution in [-0.2, 0) is 11.8 Å². The zero-order valence-electron chi connectivity index (χ0n) is 17.2. The van der Waals surface area contributed by atoms with Crippen LogP contribution in [0.5, 0.6) is 0 Å². The van der Waals surface area contributed by atoms with Crippen LogP contribution >= 0.6 is 0 Å². The Labute approximate surface area is 170 Å². The molecule has 1 atom stereocenters. The Morgan fingerprint density at radius 2 is 2.10 bits per heavy atom. The highest BCUT2D eigenvalue weighted by Gasteiger charge is 2.45. The Hall–Kier alpha value is -2.96. The van der Waals surface area contributed by atoms with E-state index in [-0.39, 0.29) is 11.3 Å². The fraction of sp³-hybridized carbons (Fsp3) is 0.455. The molecule has 1 fully saturated rings. The van der Waals surface area contributed by atoms with Crippen LogP contribution in [0.25, 0.3) is 5.65 Å². The number of fused-ring (bicyclic) bond motifs is 3. The lowest BCUT2D eigenvalue weighted by Gasteiger charge is -2.40. The third-order valence-electron chi connectivity index (χ3n) is 6.33. The fourth-order valence-corrected chi connectivity index (χ4v) is 4.80. The van der Waals surface area contributed by atoms with Crippen molar-refractivity contribution in [1.29, 1.82) is 0 Å². The van der Waals surface area contributed by atoms with Crippen molar-refractivity contribution in [2.24, 2.45) is 0 Å². The van der Waals surface area contributed by atoms with Gasteiger partial charge in [0.15, 0.2) is 0 Å². The number of hydrogen-bond acceptors (Lipinski definition) is 5. The molecular weight excluding hydrogens is 364 g/mol. The molecule has 4 heterocycles. The molecule has 1 aliphatic carbocycles. The van der Waals surface area contributed by atoms with Crippen molar-refractivity contribution in [3.63, 3.8) is 0 Å². The number of carbonyl (C=O) groups excluding carboxylic acids is 1. The van der Waals surface area contributed by atoms with Crippen LogP contribution in [0.3, 0.4) is 0 Å². The van der Waals surface area contributed by atoms with E-state index in [1.54, 1.807) is 0 Å². The van der Waals surface area contributed by atoms with Crippen molar-refractivity contribution in [2.45, 2.75) is 38.0 Å². The molecule has 3 aromatic rings. The molecule has 5 rings (SSSR count). The van der Waals surface area contributed by atoms with Gasteiger partial charge in [-0.2, -0.15) is 0 Å². The van der Waals surface area contributed by atoms with Crippen LogP contribution < -0.4 is 4.90 Å². The molecule has 1 unspecified atom stereocenters. The number of piperidine rings is 1. The second-order valence-corrected chi connectivity index (χ2v) is 8.64. The number of aromatic nitrogens is 4. The van der Waals surface area contributed by atoms with Gasteiger partial charge >= 0.3 is 0 Å². The number of amides is 1. The zero-order chi connectivity index (χ0) is 20.2. The van der Waals surface area contributed by atoms with E-state index in [2.05, 4.69) is 9.97 Å². The highest BCUT2D eigenvalue weighted by Crippen LogP contribution is 2.44. The van der Waals surface area contributed by atoms with E-state index in [1.807, 2.05) is 65.9 Å². The number of hydrogen-bond donors (Lipinski definition) is 0. The van der Waals surface area contributed by atoms with E-state index >= 15 is 0 Å². The van der Waals surface area contributed by atoms with Gasteiger partial charge in [-0.3, -0.25) is 4.79 Å². The molecule has 1 saturated heterocycles. The Morgan fingerprint density at radius 3 is 2.93 bits per heavy atom. The van der Waals surface area contributed by atoms with Crippen LogP contribution in [0, 0.1) is 6.92 Å². The molecule has 0 aromatic carbocycles. The van der Waals surface area contributed by atoms with Crippen LogP contribution in [0.4, 0.5) is 5.95 Å². The van der Waals surface area contributed by atoms with Gasteiger partial charge in [0, 0.05) is 51.2 Å². The molecule has 29 heavy (non-hydrogen) atoms. The molecule has 0 bridgehead atoms. The normalized spacial score (nSPS) is 21.0. The Kier molecular flexibility index (Phi) is 4.08. The molecule has 150 valence electrons. The van der Waals surface area contributed by atoms with Gasteiger partial charge in [0.25, 0.3) is 5.91 Å². The van der Waals surface area contributed by atoms with E-state index in [1.165, 1.54) is 5.56 Å².